The van der Waals surface area contributed by atoms with Crippen molar-refractivity contribution in [2.45, 2.75) is 39.0 Å². The summed E-state index contributed by atoms with van der Waals surface area (Å²) in [7, 11) is 0. The molecule has 2 aromatic heterocycles. The van der Waals surface area contributed by atoms with Gasteiger partial charge in [0.25, 0.3) is 0 Å². The first-order valence-corrected chi connectivity index (χ1v) is 11.1. The third kappa shape index (κ3) is 4.43. The van der Waals surface area contributed by atoms with Gasteiger partial charge in [0.2, 0.25) is 5.91 Å². The maximum Gasteiger partial charge on any atom is 0.223 e. The second kappa shape index (κ2) is 8.57. The van der Waals surface area contributed by atoms with E-state index >= 15 is 0 Å². The van der Waals surface area contributed by atoms with Crippen LogP contribution < -0.4 is 10.2 Å². The van der Waals surface area contributed by atoms with Crippen LogP contribution in [0.1, 0.15) is 37.0 Å². The molecule has 146 valence electrons. The summed E-state index contributed by atoms with van der Waals surface area (Å²) in [4.78, 5) is 23.3. The van der Waals surface area contributed by atoms with E-state index in [1.165, 1.54) is 40.9 Å². The lowest BCUT2D eigenvalue weighted by Crippen LogP contribution is -2.41. The molecule has 0 aliphatic carbocycles. The van der Waals surface area contributed by atoms with Gasteiger partial charge >= 0.3 is 0 Å². The Kier molecular flexibility index (Phi) is 5.93. The van der Waals surface area contributed by atoms with Crippen LogP contribution in [0.15, 0.2) is 18.3 Å². The zero-order valence-electron chi connectivity index (χ0n) is 16.2. The standard InChI is InChI=1S/C21H30N4OS/c1-16-15-18-19(27-16)5-9-22-20(18)25-13-6-17(7-14-25)21(26)23-8-4-12-24-10-2-3-11-24/h5,9,15,17H,2-4,6-8,10-14H2,1H3,(H,23,26). The number of anilines is 1. The number of carbonyl (C=O) groups is 1. The van der Waals surface area contributed by atoms with Crippen LogP contribution in [0.25, 0.3) is 10.1 Å². The van der Waals surface area contributed by atoms with Crippen molar-refractivity contribution in [2.75, 3.05) is 44.2 Å². The van der Waals surface area contributed by atoms with E-state index in [4.69, 9.17) is 0 Å². The van der Waals surface area contributed by atoms with Crippen LogP contribution in [-0.4, -0.2) is 55.1 Å². The van der Waals surface area contributed by atoms with E-state index in [-0.39, 0.29) is 11.8 Å². The van der Waals surface area contributed by atoms with Gasteiger partial charge in [-0.1, -0.05) is 0 Å². The average molecular weight is 387 g/mol. The van der Waals surface area contributed by atoms with Crippen LogP contribution in [-0.2, 0) is 4.79 Å². The van der Waals surface area contributed by atoms with Crippen molar-refractivity contribution >= 4 is 33.1 Å². The van der Waals surface area contributed by atoms with Gasteiger partial charge in [-0.05, 0) is 70.8 Å². The monoisotopic (exact) mass is 386 g/mol. The topological polar surface area (TPSA) is 48.5 Å². The number of likely N-dealkylation sites (tertiary alicyclic amines) is 1. The number of thiophene rings is 1. The molecule has 0 unspecified atom stereocenters. The highest BCUT2D eigenvalue weighted by atomic mass is 32.1. The molecular weight excluding hydrogens is 356 g/mol. The highest BCUT2D eigenvalue weighted by Gasteiger charge is 2.26. The van der Waals surface area contributed by atoms with E-state index in [2.05, 4.69) is 39.2 Å². The first kappa shape index (κ1) is 18.7. The summed E-state index contributed by atoms with van der Waals surface area (Å²) in [5, 5.41) is 4.42. The zero-order chi connectivity index (χ0) is 18.6. The van der Waals surface area contributed by atoms with Crippen LogP contribution in [0.2, 0.25) is 0 Å². The van der Waals surface area contributed by atoms with Crippen molar-refractivity contribution in [3.05, 3.63) is 23.2 Å². The van der Waals surface area contributed by atoms with E-state index in [1.54, 1.807) is 0 Å². The minimum Gasteiger partial charge on any atom is -0.356 e. The predicted octanol–water partition coefficient (Wildman–Crippen LogP) is 3.42. The van der Waals surface area contributed by atoms with Crippen molar-refractivity contribution in [1.29, 1.82) is 0 Å². The van der Waals surface area contributed by atoms with Crippen LogP contribution in [0.5, 0.6) is 0 Å². The van der Waals surface area contributed by atoms with E-state index in [0.29, 0.717) is 0 Å². The molecular formula is C21H30N4OS. The number of carbonyl (C=O) groups excluding carboxylic acids is 1. The molecule has 27 heavy (non-hydrogen) atoms. The first-order chi connectivity index (χ1) is 13.2. The molecule has 2 aliphatic rings. The number of hydrogen-bond donors (Lipinski definition) is 1. The summed E-state index contributed by atoms with van der Waals surface area (Å²) in [6, 6.07) is 4.33. The molecule has 2 aromatic rings. The number of rotatable bonds is 6. The van der Waals surface area contributed by atoms with Gasteiger partial charge in [0.1, 0.15) is 5.82 Å². The molecule has 2 aliphatic heterocycles. The number of nitrogens with zero attached hydrogens (tertiary/aromatic N) is 3. The maximum atomic E-state index is 12.5. The van der Waals surface area contributed by atoms with Crippen LogP contribution in [0, 0.1) is 12.8 Å². The lowest BCUT2D eigenvalue weighted by atomic mass is 9.95. The maximum absolute atomic E-state index is 12.5. The Morgan fingerprint density at radius 1 is 1.26 bits per heavy atom. The van der Waals surface area contributed by atoms with E-state index < -0.39 is 0 Å². The third-order valence-electron chi connectivity index (χ3n) is 5.86. The minimum atomic E-state index is 0.149. The van der Waals surface area contributed by atoms with Crippen molar-refractivity contribution in [2.24, 2.45) is 5.92 Å². The first-order valence-electron chi connectivity index (χ1n) is 10.3. The molecule has 0 atom stereocenters. The summed E-state index contributed by atoms with van der Waals surface area (Å²) >= 11 is 1.82. The molecule has 2 fully saturated rings. The lowest BCUT2D eigenvalue weighted by molar-refractivity contribution is -0.125. The average Bonchev–Trinajstić information content (AvgIpc) is 3.33. The molecule has 6 heteroatoms. The Hall–Kier alpha value is -1.66. The lowest BCUT2D eigenvalue weighted by Gasteiger charge is -2.32. The Bertz CT molecular complexity index is 776. The van der Waals surface area contributed by atoms with E-state index in [1.807, 2.05) is 17.5 Å². The molecule has 1 amide bonds. The van der Waals surface area contributed by atoms with Crippen LogP contribution >= 0.6 is 11.3 Å². The highest BCUT2D eigenvalue weighted by molar-refractivity contribution is 7.19. The second-order valence-corrected chi connectivity index (χ2v) is 9.15. The Morgan fingerprint density at radius 3 is 2.81 bits per heavy atom. The van der Waals surface area contributed by atoms with Crippen molar-refractivity contribution in [3.63, 3.8) is 0 Å². The quantitative estimate of drug-likeness (QED) is 0.773. The molecule has 0 bridgehead atoms. The van der Waals surface area contributed by atoms with Gasteiger partial charge < -0.3 is 15.1 Å². The number of piperidine rings is 1. The summed E-state index contributed by atoms with van der Waals surface area (Å²) in [5.74, 6) is 1.48. The van der Waals surface area contributed by atoms with Crippen molar-refractivity contribution in [3.8, 4) is 0 Å². The normalized spacial score (nSPS) is 19.1. The molecule has 0 saturated carbocycles. The van der Waals surface area contributed by atoms with Gasteiger partial charge in [-0.2, -0.15) is 0 Å². The Morgan fingerprint density at radius 2 is 2.04 bits per heavy atom. The largest absolute Gasteiger partial charge is 0.356 e. The number of pyridine rings is 1. The number of hydrogen-bond acceptors (Lipinski definition) is 5. The third-order valence-corrected chi connectivity index (χ3v) is 6.88. The molecule has 0 aromatic carbocycles. The number of aryl methyl sites for hydroxylation is 1. The second-order valence-electron chi connectivity index (χ2n) is 7.86. The summed E-state index contributed by atoms with van der Waals surface area (Å²) in [6.07, 6.45) is 7.47. The van der Waals surface area contributed by atoms with Gasteiger partial charge in [-0.3, -0.25) is 4.79 Å². The molecule has 4 heterocycles. The predicted molar refractivity (Wildman–Crippen MR) is 113 cm³/mol. The molecule has 4 rings (SSSR count). The Balaban J connectivity index is 1.25. The fraction of sp³-hybridized carbons (Fsp3) is 0.619. The van der Waals surface area contributed by atoms with Gasteiger partial charge in [-0.25, -0.2) is 4.98 Å². The molecule has 0 spiro atoms. The minimum absolute atomic E-state index is 0.149. The summed E-state index contributed by atoms with van der Waals surface area (Å²) in [5.41, 5.74) is 0. The smallest absolute Gasteiger partial charge is 0.223 e. The molecule has 1 N–H and O–H groups in total. The highest BCUT2D eigenvalue weighted by Crippen LogP contribution is 2.33. The SMILES string of the molecule is Cc1cc2c(N3CCC(C(=O)NCCCN4CCCC4)CC3)nccc2s1. The summed E-state index contributed by atoms with van der Waals surface area (Å²) < 4.78 is 1.30. The zero-order valence-corrected chi connectivity index (χ0v) is 17.1. The van der Waals surface area contributed by atoms with Crippen LogP contribution in [0.4, 0.5) is 5.82 Å². The van der Waals surface area contributed by atoms with E-state index in [9.17, 15) is 4.79 Å². The van der Waals surface area contributed by atoms with Gasteiger partial charge in [0.05, 0.1) is 0 Å². The van der Waals surface area contributed by atoms with Crippen molar-refractivity contribution in [1.82, 2.24) is 15.2 Å². The van der Waals surface area contributed by atoms with Gasteiger partial charge in [-0.15, -0.1) is 11.3 Å². The number of amides is 1. The van der Waals surface area contributed by atoms with Gasteiger partial charge in [0.15, 0.2) is 0 Å². The van der Waals surface area contributed by atoms with Gasteiger partial charge in [0, 0.05) is 46.7 Å². The Labute approximate surface area is 165 Å². The summed E-state index contributed by atoms with van der Waals surface area (Å²) in [6.45, 7) is 8.36. The molecule has 5 nitrogen and oxygen atoms in total. The fourth-order valence-corrected chi connectivity index (χ4v) is 5.26. The van der Waals surface area contributed by atoms with E-state index in [0.717, 1.165) is 51.3 Å². The number of fused-ring (bicyclic) bond motifs is 1. The van der Waals surface area contributed by atoms with Crippen molar-refractivity contribution < 1.29 is 4.79 Å². The number of nitrogens with one attached hydrogen (secondary N) is 1. The molecule has 2 saturated heterocycles. The fourth-order valence-electron chi connectivity index (χ4n) is 4.35. The number of aromatic nitrogens is 1. The molecule has 0 radical (unpaired) electrons. The van der Waals surface area contributed by atoms with Crippen LogP contribution in [0.3, 0.4) is 0 Å².